The van der Waals surface area contributed by atoms with Crippen molar-refractivity contribution in [3.8, 4) is 31.3 Å². The van der Waals surface area contributed by atoms with Gasteiger partial charge in [-0.3, -0.25) is 4.55 Å². The molecule has 1 aliphatic rings. The minimum atomic E-state index is -4.02. The SMILES string of the molecule is BrP(Br)Br.C.CCO.CCOC(=O)c1cc(-c2cc(C)c(C(=O)OCC)s2)cc(CBr)n1.CCOC(=O)c1cc(-c2cc(C)c(C(=O)OCC)s2)cc(CO)n1.CCOC(=O)c1cc(-c2cc(C)c(C(=O)OCC)s2)cc(COC2CCCCO2)n1.Cc1ccc(S(=O)(=O)O)cc1. The number of aliphatic hydroxyl groups excluding tert-OH is 2. The zero-order chi connectivity index (χ0) is 71.7. The summed E-state index contributed by atoms with van der Waals surface area (Å²) in [6, 6.07) is 22.1. The summed E-state index contributed by atoms with van der Waals surface area (Å²) in [4.78, 5) is 89.2. The Balaban J connectivity index is 0.000000439. The summed E-state index contributed by atoms with van der Waals surface area (Å²) in [5.74, 6) is -2.54. The molecule has 31 heteroatoms. The highest BCUT2D eigenvalue weighted by molar-refractivity contribution is 9.93. The number of halogens is 4. The van der Waals surface area contributed by atoms with E-state index in [4.69, 9.17) is 47.6 Å². The monoisotopic (exact) mass is 1700 g/mol. The van der Waals surface area contributed by atoms with Crippen molar-refractivity contribution >= 4 is 146 Å². The quantitative estimate of drug-likeness (QED) is 0.0198. The summed E-state index contributed by atoms with van der Waals surface area (Å²) >= 11 is 16.8. The number of carbonyl (C=O) groups is 6. The van der Waals surface area contributed by atoms with Gasteiger partial charge in [0.15, 0.2) is 6.29 Å². The summed E-state index contributed by atoms with van der Waals surface area (Å²) in [6.45, 7) is 22.2. The Hall–Kier alpha value is -5.31. The van der Waals surface area contributed by atoms with Crippen LogP contribution in [0.15, 0.2) is 83.8 Å². The maximum absolute atomic E-state index is 12.3. The van der Waals surface area contributed by atoms with E-state index in [9.17, 15) is 42.3 Å². The van der Waals surface area contributed by atoms with Gasteiger partial charge in [0.05, 0.1) is 74.8 Å². The molecule has 7 aromatic rings. The number of aromatic nitrogens is 3. The highest BCUT2D eigenvalue weighted by Gasteiger charge is 2.23. The molecule has 6 aromatic heterocycles. The van der Waals surface area contributed by atoms with Gasteiger partial charge in [-0.25, -0.2) is 43.7 Å². The average Bonchev–Trinajstić information content (AvgIpc) is 1.72. The fourth-order valence-corrected chi connectivity index (χ4v) is 12.1. The Labute approximate surface area is 612 Å². The second-order valence-corrected chi connectivity index (χ2v) is 40.1. The number of aryl methyl sites for hydroxylation is 4. The van der Waals surface area contributed by atoms with Crippen LogP contribution in [0.4, 0.5) is 0 Å². The molecule has 0 bridgehead atoms. The Kier molecular flexibility index (Phi) is 41.8. The number of aliphatic hydroxyl groups is 2. The van der Waals surface area contributed by atoms with E-state index in [2.05, 4.69) is 77.3 Å². The number of esters is 6. The van der Waals surface area contributed by atoms with Crippen molar-refractivity contribution < 1.29 is 89.8 Å². The Bertz CT molecular complexity index is 3640. The molecule has 8 rings (SSSR count). The van der Waals surface area contributed by atoms with E-state index in [0.29, 0.717) is 69.9 Å². The van der Waals surface area contributed by atoms with Gasteiger partial charge in [0, 0.05) is 33.2 Å². The molecule has 1 aliphatic heterocycles. The predicted molar refractivity (Wildman–Crippen MR) is 394 cm³/mol. The van der Waals surface area contributed by atoms with E-state index >= 15 is 0 Å². The predicted octanol–water partition coefficient (Wildman–Crippen LogP) is 17.1. The lowest BCUT2D eigenvalue weighted by Crippen LogP contribution is -2.22. The van der Waals surface area contributed by atoms with Crippen LogP contribution in [0.25, 0.3) is 31.3 Å². The lowest BCUT2D eigenvalue weighted by atomic mass is 10.1. The van der Waals surface area contributed by atoms with Crippen molar-refractivity contribution in [1.29, 1.82) is 0 Å². The van der Waals surface area contributed by atoms with Crippen molar-refractivity contribution in [3.63, 3.8) is 0 Å². The number of rotatable bonds is 21. The number of pyridine rings is 3. The van der Waals surface area contributed by atoms with Crippen molar-refractivity contribution in [3.05, 3.63) is 150 Å². The molecule has 1 unspecified atom stereocenters. The van der Waals surface area contributed by atoms with Gasteiger partial charge in [-0.1, -0.05) is 41.1 Å². The third kappa shape index (κ3) is 30.2. The average molecular weight is 1700 g/mol. The maximum atomic E-state index is 12.3. The number of nitrogens with zero attached hydrogens (tertiary/aromatic N) is 3. The molecule has 1 aromatic carbocycles. The zero-order valence-electron chi connectivity index (χ0n) is 54.8. The molecular weight excluding hydrogens is 1620 g/mol. The zero-order valence-corrected chi connectivity index (χ0v) is 65.3. The fraction of sp³-hybridized carbons (Fsp3) is 0.409. The van der Waals surface area contributed by atoms with Crippen LogP contribution in [0.2, 0.25) is 0 Å². The molecule has 0 saturated carbocycles. The maximum Gasteiger partial charge on any atom is 0.356 e. The van der Waals surface area contributed by atoms with E-state index in [0.717, 1.165) is 73.0 Å². The largest absolute Gasteiger partial charge is 0.462 e. The van der Waals surface area contributed by atoms with Crippen molar-refractivity contribution in [1.82, 2.24) is 15.0 Å². The summed E-state index contributed by atoms with van der Waals surface area (Å²) in [5, 5.41) is 17.5. The van der Waals surface area contributed by atoms with E-state index in [1.807, 2.05) is 58.0 Å². The lowest BCUT2D eigenvalue weighted by Gasteiger charge is -2.22. The van der Waals surface area contributed by atoms with Gasteiger partial charge in [-0.05, 0) is 242 Å². The first-order chi connectivity index (χ1) is 45.6. The Morgan fingerprint density at radius 3 is 1.19 bits per heavy atom. The van der Waals surface area contributed by atoms with Gasteiger partial charge in [0.25, 0.3) is 10.1 Å². The summed E-state index contributed by atoms with van der Waals surface area (Å²) < 4.78 is 71.2. The van der Waals surface area contributed by atoms with Gasteiger partial charge in [0.1, 0.15) is 35.7 Å². The molecule has 0 amide bonds. The number of hydrogen-bond donors (Lipinski definition) is 3. The van der Waals surface area contributed by atoms with Crippen LogP contribution in [0, 0.1) is 27.7 Å². The van der Waals surface area contributed by atoms with Crippen LogP contribution in [0.5, 0.6) is 0 Å². The Morgan fingerprint density at radius 1 is 0.536 bits per heavy atom. The number of thiophene rings is 3. The standard InChI is InChI=1S/C22H27NO6S.C17H18BrNO4S.C17H19NO5S.C7H8O3S.C2H6O.CH4.Br3P/c1-4-26-21(24)17-12-15(18-10-14(3)20(30-18)22(25)27-5-2)11-16(23-17)13-29-19-8-6-7-9-28-19;1-4-22-16(20)13-8-11(7-12(9-18)19-13)14-6-10(3)15(24-14)17(21)23-5-2;1-4-22-16(20)13-8-11(7-12(9-19)18-13)14-6-10(3)15(24-14)17(21)23-5-2;1-6-2-4-7(5-3-6)11(8,9)10;1-2-3;;1-4(2)3/h10-12,19H,4-9,13H2,1-3H3;6-8H,4-5,9H2,1-3H3;6-8,19H,4-5,9H2,1-3H3;2-5H,1H3,(H,8,9,10);3H,2H2,1H3;1H4;. The number of ether oxygens (including phenoxy) is 8. The molecule has 7 heterocycles. The topological polar surface area (TPSA) is 310 Å². The number of alkyl halides is 1. The normalized spacial score (nSPS) is 12.1. The number of hydrogen-bond acceptors (Lipinski definition) is 24. The molecule has 3 N–H and O–H groups in total. The molecule has 97 heavy (non-hydrogen) atoms. The van der Waals surface area contributed by atoms with Gasteiger partial charge in [0.2, 0.25) is 0 Å². The van der Waals surface area contributed by atoms with Gasteiger partial charge in [-0.15, -0.1) is 34.0 Å². The summed E-state index contributed by atoms with van der Waals surface area (Å²) in [6.07, 6.45) is 2.70. The van der Waals surface area contributed by atoms with Crippen LogP contribution < -0.4 is 0 Å². The first-order valence-electron chi connectivity index (χ1n) is 29.9. The first kappa shape index (κ1) is 87.8. The second kappa shape index (κ2) is 46.2. The van der Waals surface area contributed by atoms with Crippen LogP contribution in [0.1, 0.15) is 175 Å². The fourth-order valence-electron chi connectivity index (χ4n) is 8.14. The third-order valence-electron chi connectivity index (χ3n) is 12.3. The van der Waals surface area contributed by atoms with Crippen LogP contribution in [0.3, 0.4) is 0 Å². The highest BCUT2D eigenvalue weighted by Crippen LogP contribution is 2.59. The van der Waals surface area contributed by atoms with Crippen molar-refractivity contribution in [2.45, 2.75) is 133 Å². The van der Waals surface area contributed by atoms with E-state index < -0.39 is 28.0 Å². The molecule has 0 aliphatic carbocycles. The van der Waals surface area contributed by atoms with E-state index in [-0.39, 0.29) is 90.7 Å². The second-order valence-electron chi connectivity index (χ2n) is 19.6. The summed E-state index contributed by atoms with van der Waals surface area (Å²) in [5.41, 5.74) is 8.01. The van der Waals surface area contributed by atoms with Gasteiger partial charge >= 0.3 is 35.8 Å². The van der Waals surface area contributed by atoms with E-state index in [1.165, 1.54) is 46.1 Å². The number of benzene rings is 1. The first-order valence-corrected chi connectivity index (χ1v) is 42.3. The van der Waals surface area contributed by atoms with Gasteiger partial charge in [-0.2, -0.15) is 8.42 Å². The lowest BCUT2D eigenvalue weighted by molar-refractivity contribution is -0.169. The third-order valence-corrected chi connectivity index (χ3v) is 17.5. The van der Waals surface area contributed by atoms with Gasteiger partial charge < -0.3 is 48.1 Å². The molecule has 532 valence electrons. The minimum Gasteiger partial charge on any atom is -0.462 e. The Morgan fingerprint density at radius 2 is 0.866 bits per heavy atom. The van der Waals surface area contributed by atoms with Crippen molar-refractivity contribution in [2.24, 2.45) is 0 Å². The molecule has 0 radical (unpaired) electrons. The van der Waals surface area contributed by atoms with Crippen LogP contribution in [-0.2, 0) is 66.6 Å². The minimum absolute atomic E-state index is 0. The van der Waals surface area contributed by atoms with E-state index in [1.54, 1.807) is 84.9 Å². The molecule has 1 fully saturated rings. The molecule has 1 atom stereocenters. The molecule has 22 nitrogen and oxygen atoms in total. The molecule has 1 saturated heterocycles. The summed E-state index contributed by atoms with van der Waals surface area (Å²) in [7, 11) is -4.02. The van der Waals surface area contributed by atoms with Crippen LogP contribution >= 0.6 is 100 Å². The van der Waals surface area contributed by atoms with Crippen LogP contribution in [-0.4, -0.2) is 133 Å². The molecule has 0 spiro atoms. The highest BCUT2D eigenvalue weighted by atomic mass is 80.0. The smallest absolute Gasteiger partial charge is 0.356 e. The molecular formula is C66H82Br4N3O19PS4. The number of carbonyl (C=O) groups excluding carboxylic acids is 6. The van der Waals surface area contributed by atoms with Crippen molar-refractivity contribution in [2.75, 3.05) is 52.9 Å².